The van der Waals surface area contributed by atoms with Crippen LogP contribution in [0.15, 0.2) is 16.2 Å². The minimum absolute atomic E-state index is 0.0272. The minimum Gasteiger partial charge on any atom is -0.395 e. The molecule has 2 aliphatic heterocycles. The Kier molecular flexibility index (Phi) is 4.67. The van der Waals surface area contributed by atoms with Gasteiger partial charge in [0, 0.05) is 18.6 Å². The van der Waals surface area contributed by atoms with Gasteiger partial charge in [0.15, 0.2) is 0 Å². The van der Waals surface area contributed by atoms with E-state index in [2.05, 4.69) is 19.8 Å². The molecule has 24 heavy (non-hydrogen) atoms. The summed E-state index contributed by atoms with van der Waals surface area (Å²) in [7, 11) is 0. The van der Waals surface area contributed by atoms with Crippen LogP contribution in [0.1, 0.15) is 31.5 Å². The van der Waals surface area contributed by atoms with Crippen molar-refractivity contribution < 1.29 is 5.11 Å². The Balaban J connectivity index is 1.47. The van der Waals surface area contributed by atoms with Crippen molar-refractivity contribution in [1.29, 1.82) is 0 Å². The lowest BCUT2D eigenvalue weighted by Crippen LogP contribution is -2.43. The van der Waals surface area contributed by atoms with Crippen LogP contribution in [0, 0.1) is 0 Å². The zero-order valence-corrected chi connectivity index (χ0v) is 14.6. The van der Waals surface area contributed by atoms with Crippen LogP contribution in [0.3, 0.4) is 0 Å². The van der Waals surface area contributed by atoms with Gasteiger partial charge in [-0.1, -0.05) is 0 Å². The molecule has 7 heteroatoms. The topological polar surface area (TPSA) is 72.5 Å². The zero-order chi connectivity index (χ0) is 16.5. The summed E-state index contributed by atoms with van der Waals surface area (Å²) in [5, 5.41) is 11.4. The molecule has 130 valence electrons. The number of nitrogens with one attached hydrogen (secondary N) is 1. The Morgan fingerprint density at radius 3 is 2.88 bits per heavy atom. The van der Waals surface area contributed by atoms with Gasteiger partial charge >= 0.3 is 0 Å². The molecule has 6 nitrogen and oxygen atoms in total. The van der Waals surface area contributed by atoms with Gasteiger partial charge in [0.1, 0.15) is 10.5 Å². The van der Waals surface area contributed by atoms with Gasteiger partial charge in [0.25, 0.3) is 5.56 Å². The summed E-state index contributed by atoms with van der Waals surface area (Å²) in [6.07, 6.45) is 4.65. The molecule has 0 aromatic carbocycles. The van der Waals surface area contributed by atoms with Crippen molar-refractivity contribution in [1.82, 2.24) is 19.8 Å². The first-order valence-corrected chi connectivity index (χ1v) is 9.68. The number of likely N-dealkylation sites (tertiary alicyclic amines) is 2. The van der Waals surface area contributed by atoms with Crippen LogP contribution in [0.25, 0.3) is 10.2 Å². The number of aliphatic hydroxyl groups excluding tert-OH is 1. The molecular formula is C17H24N4O2S. The van der Waals surface area contributed by atoms with E-state index in [1.165, 1.54) is 30.6 Å². The van der Waals surface area contributed by atoms with Crippen LogP contribution in [-0.4, -0.2) is 63.2 Å². The van der Waals surface area contributed by atoms with Gasteiger partial charge in [-0.3, -0.25) is 14.6 Å². The molecular weight excluding hydrogens is 324 g/mol. The van der Waals surface area contributed by atoms with E-state index in [1.807, 2.05) is 11.4 Å². The number of hydrogen-bond donors (Lipinski definition) is 2. The van der Waals surface area contributed by atoms with Gasteiger partial charge in [-0.15, -0.1) is 11.3 Å². The molecule has 0 aliphatic carbocycles. The maximum absolute atomic E-state index is 12.1. The molecule has 0 bridgehead atoms. The molecule has 2 aromatic rings. The molecule has 2 aromatic heterocycles. The zero-order valence-electron chi connectivity index (χ0n) is 13.8. The van der Waals surface area contributed by atoms with Gasteiger partial charge in [0.05, 0.1) is 18.7 Å². The van der Waals surface area contributed by atoms with Crippen molar-refractivity contribution in [2.45, 2.75) is 44.3 Å². The number of fused-ring (bicyclic) bond motifs is 1. The van der Waals surface area contributed by atoms with Crippen LogP contribution in [0.4, 0.5) is 0 Å². The smallest absolute Gasteiger partial charge is 0.268 e. The Morgan fingerprint density at radius 1 is 1.25 bits per heavy atom. The van der Waals surface area contributed by atoms with Crippen molar-refractivity contribution in [3.8, 4) is 0 Å². The highest BCUT2D eigenvalue weighted by atomic mass is 32.1. The van der Waals surface area contributed by atoms with Gasteiger partial charge in [-0.25, -0.2) is 4.98 Å². The predicted molar refractivity (Wildman–Crippen MR) is 95.4 cm³/mol. The average molecular weight is 348 g/mol. The molecule has 2 saturated heterocycles. The van der Waals surface area contributed by atoms with E-state index in [0.717, 1.165) is 37.4 Å². The Labute approximate surface area is 145 Å². The van der Waals surface area contributed by atoms with Crippen LogP contribution >= 0.6 is 11.3 Å². The lowest BCUT2D eigenvalue weighted by molar-refractivity contribution is 0.119. The quantitative estimate of drug-likeness (QED) is 0.855. The van der Waals surface area contributed by atoms with Crippen molar-refractivity contribution >= 4 is 21.6 Å². The highest BCUT2D eigenvalue weighted by molar-refractivity contribution is 7.17. The summed E-state index contributed by atoms with van der Waals surface area (Å²) in [6.45, 7) is 4.11. The molecule has 2 atom stereocenters. The number of thiophene rings is 1. The number of rotatable bonds is 5. The molecule has 2 aliphatic rings. The van der Waals surface area contributed by atoms with E-state index < -0.39 is 0 Å². The fourth-order valence-electron chi connectivity index (χ4n) is 4.11. The second-order valence-corrected chi connectivity index (χ2v) is 7.80. The maximum Gasteiger partial charge on any atom is 0.268 e. The monoisotopic (exact) mass is 348 g/mol. The fraction of sp³-hybridized carbons (Fsp3) is 0.647. The van der Waals surface area contributed by atoms with Crippen LogP contribution < -0.4 is 5.56 Å². The molecule has 0 radical (unpaired) electrons. The number of aromatic nitrogens is 2. The molecule has 0 spiro atoms. The summed E-state index contributed by atoms with van der Waals surface area (Å²) in [5.41, 5.74) is 0.773. The standard InChI is InChI=1S/C17H24N4O2S/c22-11-13-4-2-6-20(13)9-12-3-1-7-21(12)10-15-18-14-5-8-24-16(14)17(23)19-15/h5,8,12-13,22H,1-4,6-7,9-11H2,(H,18,19,23). The third-order valence-electron chi connectivity index (χ3n) is 5.37. The summed E-state index contributed by atoms with van der Waals surface area (Å²) in [6, 6.07) is 2.73. The Morgan fingerprint density at radius 2 is 2.04 bits per heavy atom. The maximum atomic E-state index is 12.1. The molecule has 2 unspecified atom stereocenters. The minimum atomic E-state index is -0.0272. The normalized spacial score (nSPS) is 25.9. The predicted octanol–water partition coefficient (Wildman–Crippen LogP) is 1.41. The lowest BCUT2D eigenvalue weighted by Gasteiger charge is -2.31. The number of aliphatic hydroxyl groups is 1. The number of aromatic amines is 1. The molecule has 0 saturated carbocycles. The average Bonchev–Trinajstić information content (AvgIpc) is 3.29. The van der Waals surface area contributed by atoms with Crippen LogP contribution in [0.5, 0.6) is 0 Å². The fourth-order valence-corrected chi connectivity index (χ4v) is 4.84. The van der Waals surface area contributed by atoms with Crippen molar-refractivity contribution in [2.75, 3.05) is 26.2 Å². The molecule has 4 heterocycles. The Hall–Kier alpha value is -1.28. The van der Waals surface area contributed by atoms with Crippen molar-refractivity contribution in [3.05, 3.63) is 27.6 Å². The molecule has 2 N–H and O–H groups in total. The van der Waals surface area contributed by atoms with E-state index in [4.69, 9.17) is 0 Å². The van der Waals surface area contributed by atoms with E-state index in [9.17, 15) is 9.90 Å². The van der Waals surface area contributed by atoms with E-state index in [1.54, 1.807) is 0 Å². The first kappa shape index (κ1) is 16.2. The third kappa shape index (κ3) is 3.13. The van der Waals surface area contributed by atoms with Gasteiger partial charge in [0.2, 0.25) is 0 Å². The molecule has 2 fully saturated rings. The van der Waals surface area contributed by atoms with Crippen LogP contribution in [-0.2, 0) is 6.54 Å². The Bertz CT molecular complexity index is 758. The molecule has 4 rings (SSSR count). The number of nitrogens with zero attached hydrogens (tertiary/aromatic N) is 3. The number of hydrogen-bond acceptors (Lipinski definition) is 6. The highest BCUT2D eigenvalue weighted by Crippen LogP contribution is 2.24. The second-order valence-electron chi connectivity index (χ2n) is 6.89. The SMILES string of the molecule is O=c1[nH]c(CN2CCCC2CN2CCCC2CO)nc2ccsc12. The first-order chi connectivity index (χ1) is 11.7. The van der Waals surface area contributed by atoms with Gasteiger partial charge in [-0.05, 0) is 50.2 Å². The van der Waals surface area contributed by atoms with E-state index in [-0.39, 0.29) is 12.2 Å². The lowest BCUT2D eigenvalue weighted by atomic mass is 10.2. The van der Waals surface area contributed by atoms with Crippen molar-refractivity contribution in [3.63, 3.8) is 0 Å². The second kappa shape index (κ2) is 6.92. The summed E-state index contributed by atoms with van der Waals surface area (Å²) in [5.74, 6) is 0.762. The number of H-pyrrole nitrogens is 1. The third-order valence-corrected chi connectivity index (χ3v) is 6.27. The summed E-state index contributed by atoms with van der Waals surface area (Å²) < 4.78 is 0.708. The van der Waals surface area contributed by atoms with Crippen LogP contribution in [0.2, 0.25) is 0 Å². The van der Waals surface area contributed by atoms with Crippen molar-refractivity contribution in [2.24, 2.45) is 0 Å². The highest BCUT2D eigenvalue weighted by Gasteiger charge is 2.31. The summed E-state index contributed by atoms with van der Waals surface area (Å²) >= 11 is 1.44. The molecule has 0 amide bonds. The van der Waals surface area contributed by atoms with E-state index >= 15 is 0 Å². The largest absolute Gasteiger partial charge is 0.395 e. The van der Waals surface area contributed by atoms with Gasteiger partial charge < -0.3 is 10.1 Å². The first-order valence-electron chi connectivity index (χ1n) is 8.80. The van der Waals surface area contributed by atoms with E-state index in [0.29, 0.717) is 23.3 Å². The van der Waals surface area contributed by atoms with Gasteiger partial charge in [-0.2, -0.15) is 0 Å². The summed E-state index contributed by atoms with van der Waals surface area (Å²) in [4.78, 5) is 24.6.